The highest BCUT2D eigenvalue weighted by Gasteiger charge is 2.13. The second-order valence-electron chi connectivity index (χ2n) is 4.23. The fourth-order valence-electron chi connectivity index (χ4n) is 1.82. The lowest BCUT2D eigenvalue weighted by Gasteiger charge is -2.11. The number of phenols is 2. The largest absolute Gasteiger partial charge is 0.508 e. The van der Waals surface area contributed by atoms with Gasteiger partial charge in [0.25, 0.3) is 5.91 Å². The van der Waals surface area contributed by atoms with Gasteiger partial charge in [-0.3, -0.25) is 4.79 Å². The highest BCUT2D eigenvalue weighted by molar-refractivity contribution is 6.06. The quantitative estimate of drug-likeness (QED) is 0.804. The topological polar surface area (TPSA) is 88.0 Å². The summed E-state index contributed by atoms with van der Waals surface area (Å²) < 4.78 is 10.3. The van der Waals surface area contributed by atoms with E-state index >= 15 is 0 Å². The van der Waals surface area contributed by atoms with Gasteiger partial charge < -0.3 is 25.0 Å². The van der Waals surface area contributed by atoms with E-state index in [1.54, 1.807) is 18.2 Å². The van der Waals surface area contributed by atoms with Crippen LogP contribution >= 0.6 is 0 Å². The summed E-state index contributed by atoms with van der Waals surface area (Å²) >= 11 is 0. The molecule has 6 nitrogen and oxygen atoms in total. The number of nitrogens with one attached hydrogen (secondary N) is 1. The Morgan fingerprint density at radius 2 is 1.71 bits per heavy atom. The maximum atomic E-state index is 12.1. The molecule has 1 amide bonds. The summed E-state index contributed by atoms with van der Waals surface area (Å²) in [6.07, 6.45) is 0. The number of hydrogen-bond donors (Lipinski definition) is 3. The molecule has 6 heteroatoms. The third kappa shape index (κ3) is 3.17. The van der Waals surface area contributed by atoms with Gasteiger partial charge in [-0.05, 0) is 24.3 Å². The van der Waals surface area contributed by atoms with Crippen molar-refractivity contribution in [2.75, 3.05) is 19.5 Å². The maximum absolute atomic E-state index is 12.1. The Bertz CT molecular complexity index is 669. The number of phenolic OH excluding ortho intramolecular Hbond substituents is 2. The molecule has 0 aromatic heterocycles. The van der Waals surface area contributed by atoms with Gasteiger partial charge in [0, 0.05) is 17.8 Å². The van der Waals surface area contributed by atoms with E-state index < -0.39 is 5.91 Å². The van der Waals surface area contributed by atoms with Crippen molar-refractivity contribution in [3.63, 3.8) is 0 Å². The van der Waals surface area contributed by atoms with Crippen molar-refractivity contribution in [2.45, 2.75) is 0 Å². The molecule has 2 aromatic carbocycles. The van der Waals surface area contributed by atoms with E-state index in [2.05, 4.69) is 5.32 Å². The number of carbonyl (C=O) groups excluding carboxylic acids is 1. The molecule has 0 saturated carbocycles. The highest BCUT2D eigenvalue weighted by atomic mass is 16.5. The van der Waals surface area contributed by atoms with Crippen LogP contribution in [0, 0.1) is 0 Å². The third-order valence-electron chi connectivity index (χ3n) is 2.87. The van der Waals surface area contributed by atoms with Crippen LogP contribution in [0.4, 0.5) is 5.69 Å². The molecule has 0 aliphatic rings. The van der Waals surface area contributed by atoms with Crippen LogP contribution < -0.4 is 14.8 Å². The number of aromatic hydroxyl groups is 2. The summed E-state index contributed by atoms with van der Waals surface area (Å²) in [6, 6.07) is 8.67. The fourth-order valence-corrected chi connectivity index (χ4v) is 1.82. The molecule has 2 aromatic rings. The van der Waals surface area contributed by atoms with Gasteiger partial charge in [0.05, 0.1) is 19.8 Å². The number of benzene rings is 2. The standard InChI is InChI=1S/C15H15NO5/c1-20-13-6-3-9(7-14(13)21-2)16-15(19)11-5-4-10(17)8-12(11)18/h3-8,17-18H,1-2H3,(H,16,19). The normalized spacial score (nSPS) is 10.0. The molecule has 2 rings (SSSR count). The first-order valence-corrected chi connectivity index (χ1v) is 6.10. The van der Waals surface area contributed by atoms with E-state index in [0.29, 0.717) is 17.2 Å². The number of amides is 1. The summed E-state index contributed by atoms with van der Waals surface area (Å²) in [5.41, 5.74) is 0.549. The van der Waals surface area contributed by atoms with Crippen molar-refractivity contribution in [1.29, 1.82) is 0 Å². The van der Waals surface area contributed by atoms with Gasteiger partial charge in [-0.1, -0.05) is 0 Å². The van der Waals surface area contributed by atoms with Crippen LogP contribution in [0.2, 0.25) is 0 Å². The van der Waals surface area contributed by atoms with Gasteiger partial charge in [0.2, 0.25) is 0 Å². The van der Waals surface area contributed by atoms with Gasteiger partial charge in [-0.25, -0.2) is 0 Å². The molecule has 0 radical (unpaired) electrons. The molecule has 3 N–H and O–H groups in total. The molecule has 0 aliphatic heterocycles. The lowest BCUT2D eigenvalue weighted by Crippen LogP contribution is -2.12. The smallest absolute Gasteiger partial charge is 0.259 e. The first-order chi connectivity index (χ1) is 10.0. The van der Waals surface area contributed by atoms with Crippen LogP contribution in [0.25, 0.3) is 0 Å². The number of ether oxygens (including phenoxy) is 2. The Morgan fingerprint density at radius 3 is 2.33 bits per heavy atom. The van der Waals surface area contributed by atoms with E-state index in [-0.39, 0.29) is 17.1 Å². The Balaban J connectivity index is 2.23. The third-order valence-corrected chi connectivity index (χ3v) is 2.87. The summed E-state index contributed by atoms with van der Waals surface area (Å²) in [6.45, 7) is 0. The zero-order chi connectivity index (χ0) is 15.4. The fraction of sp³-hybridized carbons (Fsp3) is 0.133. The van der Waals surface area contributed by atoms with Crippen LogP contribution in [-0.4, -0.2) is 30.3 Å². The van der Waals surface area contributed by atoms with Crippen LogP contribution in [-0.2, 0) is 0 Å². The van der Waals surface area contributed by atoms with E-state index in [9.17, 15) is 15.0 Å². The monoisotopic (exact) mass is 289 g/mol. The maximum Gasteiger partial charge on any atom is 0.259 e. The minimum absolute atomic E-state index is 0.0579. The number of carbonyl (C=O) groups is 1. The van der Waals surface area contributed by atoms with E-state index in [0.717, 1.165) is 6.07 Å². The van der Waals surface area contributed by atoms with Crippen LogP contribution in [0.3, 0.4) is 0 Å². The SMILES string of the molecule is COc1ccc(NC(=O)c2ccc(O)cc2O)cc1OC. The lowest BCUT2D eigenvalue weighted by molar-refractivity contribution is 0.102. The van der Waals surface area contributed by atoms with Crippen LogP contribution in [0.5, 0.6) is 23.0 Å². The molecule has 21 heavy (non-hydrogen) atoms. The van der Waals surface area contributed by atoms with Gasteiger partial charge in [-0.15, -0.1) is 0 Å². The highest BCUT2D eigenvalue weighted by Crippen LogP contribution is 2.30. The van der Waals surface area contributed by atoms with Gasteiger partial charge in [0.1, 0.15) is 11.5 Å². The molecule has 0 fully saturated rings. The summed E-state index contributed by atoms with van der Waals surface area (Å²) in [7, 11) is 3.01. The second kappa shape index (κ2) is 6.04. The van der Waals surface area contributed by atoms with Gasteiger partial charge in [-0.2, -0.15) is 0 Å². The average Bonchev–Trinajstić information content (AvgIpc) is 2.46. The van der Waals surface area contributed by atoms with Crippen molar-refractivity contribution in [1.82, 2.24) is 0 Å². The molecular formula is C15H15NO5. The van der Waals surface area contributed by atoms with Crippen LogP contribution in [0.15, 0.2) is 36.4 Å². The summed E-state index contributed by atoms with van der Waals surface area (Å²) in [4.78, 5) is 12.1. The second-order valence-corrected chi connectivity index (χ2v) is 4.23. The Labute approximate surface area is 121 Å². The Morgan fingerprint density at radius 1 is 1.00 bits per heavy atom. The zero-order valence-corrected chi connectivity index (χ0v) is 11.6. The van der Waals surface area contributed by atoms with E-state index in [4.69, 9.17) is 9.47 Å². The van der Waals surface area contributed by atoms with Crippen molar-refractivity contribution >= 4 is 11.6 Å². The summed E-state index contributed by atoms with van der Waals surface area (Å²) in [5.74, 6) is 0.107. The van der Waals surface area contributed by atoms with E-state index in [1.165, 1.54) is 26.4 Å². The average molecular weight is 289 g/mol. The zero-order valence-electron chi connectivity index (χ0n) is 11.6. The molecule has 0 unspecified atom stereocenters. The molecule has 0 aliphatic carbocycles. The lowest BCUT2D eigenvalue weighted by atomic mass is 10.1. The molecule has 0 spiro atoms. The van der Waals surface area contributed by atoms with Crippen molar-refractivity contribution in [2.24, 2.45) is 0 Å². The number of anilines is 1. The minimum Gasteiger partial charge on any atom is -0.508 e. The first-order valence-electron chi connectivity index (χ1n) is 6.10. The molecular weight excluding hydrogens is 274 g/mol. The number of hydrogen-bond acceptors (Lipinski definition) is 5. The van der Waals surface area contributed by atoms with Crippen molar-refractivity contribution < 1.29 is 24.5 Å². The van der Waals surface area contributed by atoms with Gasteiger partial charge in [0.15, 0.2) is 11.5 Å². The Kier molecular flexibility index (Phi) is 4.18. The van der Waals surface area contributed by atoms with Gasteiger partial charge >= 0.3 is 0 Å². The molecule has 0 atom stereocenters. The molecule has 0 heterocycles. The molecule has 110 valence electrons. The number of rotatable bonds is 4. The molecule has 0 bridgehead atoms. The van der Waals surface area contributed by atoms with Crippen LogP contribution in [0.1, 0.15) is 10.4 Å². The van der Waals surface area contributed by atoms with Crippen molar-refractivity contribution in [3.8, 4) is 23.0 Å². The first kappa shape index (κ1) is 14.5. The van der Waals surface area contributed by atoms with Crippen molar-refractivity contribution in [3.05, 3.63) is 42.0 Å². The van der Waals surface area contributed by atoms with E-state index in [1.807, 2.05) is 0 Å². The summed E-state index contributed by atoms with van der Waals surface area (Å²) in [5, 5.41) is 21.5. The number of methoxy groups -OCH3 is 2. The molecule has 0 saturated heterocycles. The predicted octanol–water partition coefficient (Wildman–Crippen LogP) is 2.37. The predicted molar refractivity (Wildman–Crippen MR) is 77.3 cm³/mol. The minimum atomic E-state index is -0.500. The Hall–Kier alpha value is -2.89.